The fourth-order valence-corrected chi connectivity index (χ4v) is 24.3. The number of pyridine rings is 3. The second-order valence-corrected chi connectivity index (χ2v) is 41.5. The molecule has 0 unspecified atom stereocenters. The summed E-state index contributed by atoms with van der Waals surface area (Å²) in [6, 6.07) is 155. The number of benzene rings is 22. The van der Waals surface area contributed by atoms with Gasteiger partial charge in [0.1, 0.15) is 27.9 Å². The van der Waals surface area contributed by atoms with Crippen LogP contribution in [0.15, 0.2) is 463 Å². The Hall–Kier alpha value is -18.7. The SMILES string of the molecule is CC1(C)c2cc(-c3cccc(-c4ccc5ccc6ccc7nc(-c8cc9ccccc9cn8)oc7c6c5c4)c3)ccc2-c2c1ccc1ccccc21.CC1(C)c2cc(-c3cccc(-c4ccc5ccc6ccc7nc(-c8ccnc9ccccc89)oc7c6c5c4)c3)ccc2-c2c1ccc1ccccc21.CC1(C)c2ccccc2-c2ccc(-c3cccc(-c4ccc5ccc6ccc7nc(-c8ccccn8)oc7c6c5c4)c3)cc21. The third-order valence-corrected chi connectivity index (χ3v) is 32.0. The number of rotatable bonds is 9. The monoisotopic (exact) mass is 1890 g/mol. The molecule has 0 radical (unpaired) electrons. The van der Waals surface area contributed by atoms with Gasteiger partial charge in [-0.05, 0) is 312 Å². The summed E-state index contributed by atoms with van der Waals surface area (Å²) in [4.78, 5) is 28.4. The number of nitrogens with zero attached hydrogens (tertiary/aromatic N) is 6. The van der Waals surface area contributed by atoms with Crippen molar-refractivity contribution in [3.8, 4) is 135 Å². The largest absolute Gasteiger partial charge is 0.435 e. The first-order valence-electron chi connectivity index (χ1n) is 50.9. The zero-order valence-corrected chi connectivity index (χ0v) is 82.1. The molecule has 0 amide bonds. The highest BCUT2D eigenvalue weighted by molar-refractivity contribution is 6.22. The van der Waals surface area contributed by atoms with Gasteiger partial charge in [-0.15, -0.1) is 0 Å². The van der Waals surface area contributed by atoms with Crippen molar-refractivity contribution in [3.63, 3.8) is 0 Å². The minimum Gasteiger partial charge on any atom is -0.435 e. The standard InChI is InChI=1S/2C49H32N2O.C41H28N2O/c1-49(2)41-22-19-29-8-5-6-13-38(29)46(41)39-21-18-36(26-42(39)49)33-12-7-11-32(24-33)35-17-15-30-14-16-31-20-23-43-47(45(31)40(30)25-35)52-48(51-43)44-27-34-9-3-4-10-37(34)28-50-44;1-49(2)41-22-19-29-8-3-4-11-36(29)46(41)39-21-18-35(28-42(39)49)33-10-7-9-32(26-33)34-17-15-30-14-16-31-20-23-44-47(45(31)40(30)27-34)52-48(51-44)38-24-25-50-43-13-6-5-12-37(38)43;1-41(2)34-11-4-3-10-31(34)32-19-17-30(24-35(32)41)28-9-7-8-27(22-28)29-16-14-25-13-15-26-18-20-36-39(38(26)33(25)23-29)44-40(43-36)37-12-5-6-21-42-37/h2*3-28H,1-2H3;3-24H,1-2H3. The van der Waals surface area contributed by atoms with Crippen molar-refractivity contribution in [3.05, 3.63) is 483 Å². The molecule has 9 heteroatoms. The average molecular weight is 1890 g/mol. The quantitative estimate of drug-likeness (QED) is 0.130. The van der Waals surface area contributed by atoms with E-state index in [0.29, 0.717) is 17.7 Å². The molecular weight excluding hydrogens is 1800 g/mol. The molecule has 0 bridgehead atoms. The van der Waals surface area contributed by atoms with Gasteiger partial charge in [-0.2, -0.15) is 0 Å². The predicted molar refractivity (Wildman–Crippen MR) is 612 cm³/mol. The third kappa shape index (κ3) is 13.8. The third-order valence-electron chi connectivity index (χ3n) is 32.0. The molecule has 6 heterocycles. The van der Waals surface area contributed by atoms with Gasteiger partial charge >= 0.3 is 0 Å². The van der Waals surface area contributed by atoms with Crippen LogP contribution in [-0.4, -0.2) is 29.9 Å². The van der Waals surface area contributed by atoms with E-state index in [2.05, 4.69) is 409 Å². The van der Waals surface area contributed by atoms with Gasteiger partial charge in [0, 0.05) is 67.3 Å². The first kappa shape index (κ1) is 86.0. The van der Waals surface area contributed by atoms with E-state index in [1.54, 1.807) is 6.20 Å². The van der Waals surface area contributed by atoms with Crippen LogP contribution in [0.4, 0.5) is 0 Å². The number of hydrogen-bond acceptors (Lipinski definition) is 9. The van der Waals surface area contributed by atoms with Crippen LogP contribution in [0, 0.1) is 0 Å². The van der Waals surface area contributed by atoms with Gasteiger partial charge < -0.3 is 13.3 Å². The molecule has 696 valence electrons. The fraction of sp³-hybridized carbons (Fsp3) is 0.0647. The van der Waals surface area contributed by atoms with Crippen LogP contribution in [0.25, 0.3) is 276 Å². The first-order valence-corrected chi connectivity index (χ1v) is 50.9. The van der Waals surface area contributed by atoms with Crippen molar-refractivity contribution in [1.82, 2.24) is 29.9 Å². The Morgan fingerprint density at radius 3 is 1.03 bits per heavy atom. The summed E-state index contributed by atoms with van der Waals surface area (Å²) in [7, 11) is 0. The molecule has 31 rings (SSSR count). The lowest BCUT2D eigenvalue weighted by atomic mass is 9.81. The van der Waals surface area contributed by atoms with Gasteiger partial charge in [0.2, 0.25) is 17.7 Å². The Labute approximate surface area is 853 Å². The molecule has 9 nitrogen and oxygen atoms in total. The van der Waals surface area contributed by atoms with Crippen molar-refractivity contribution in [2.45, 2.75) is 57.8 Å². The smallest absolute Gasteiger partial charge is 0.246 e. The second kappa shape index (κ2) is 33.2. The Kier molecular flexibility index (Phi) is 19.3. The van der Waals surface area contributed by atoms with Gasteiger partial charge in [-0.1, -0.05) is 369 Å². The van der Waals surface area contributed by atoms with Crippen LogP contribution in [0.1, 0.15) is 74.9 Å². The zero-order chi connectivity index (χ0) is 98.5. The summed E-state index contributed by atoms with van der Waals surface area (Å²) in [6.45, 7) is 14.1. The number of fused-ring (bicyclic) bond motifs is 30. The van der Waals surface area contributed by atoms with E-state index in [1.165, 1.54) is 160 Å². The molecule has 6 aromatic heterocycles. The van der Waals surface area contributed by atoms with E-state index in [4.69, 9.17) is 33.2 Å². The molecule has 22 aromatic carbocycles. The molecule has 0 saturated heterocycles. The lowest BCUT2D eigenvalue weighted by molar-refractivity contribution is 0.619. The minimum absolute atomic E-state index is 0.0264. The lowest BCUT2D eigenvalue weighted by Gasteiger charge is -2.22. The molecule has 148 heavy (non-hydrogen) atoms. The van der Waals surface area contributed by atoms with Crippen LogP contribution in [0.3, 0.4) is 0 Å². The van der Waals surface area contributed by atoms with E-state index in [1.807, 2.05) is 85.2 Å². The van der Waals surface area contributed by atoms with Crippen LogP contribution in [-0.2, 0) is 16.2 Å². The Morgan fingerprint density at radius 1 is 0.182 bits per heavy atom. The second-order valence-electron chi connectivity index (χ2n) is 41.5. The van der Waals surface area contributed by atoms with Crippen LogP contribution in [0.2, 0.25) is 0 Å². The fourth-order valence-electron chi connectivity index (χ4n) is 24.3. The van der Waals surface area contributed by atoms with E-state index < -0.39 is 0 Å². The summed E-state index contributed by atoms with van der Waals surface area (Å²) in [5, 5.41) is 22.0. The van der Waals surface area contributed by atoms with E-state index in [-0.39, 0.29) is 16.2 Å². The molecule has 0 fully saturated rings. The number of para-hydroxylation sites is 1. The summed E-state index contributed by atoms with van der Waals surface area (Å²) >= 11 is 0. The average Bonchev–Trinajstić information content (AvgIpc) is 1.56. The van der Waals surface area contributed by atoms with Gasteiger partial charge in [-0.3, -0.25) is 15.0 Å². The maximum atomic E-state index is 6.67. The zero-order valence-electron chi connectivity index (χ0n) is 82.1. The molecule has 3 aliphatic carbocycles. The Morgan fingerprint density at radius 2 is 0.534 bits per heavy atom. The highest BCUT2D eigenvalue weighted by Crippen LogP contribution is 2.57. The molecule has 28 aromatic rings. The minimum atomic E-state index is -0.0853. The molecule has 0 aliphatic heterocycles. The summed E-state index contributed by atoms with van der Waals surface area (Å²) < 4.78 is 19.6. The van der Waals surface area contributed by atoms with Crippen molar-refractivity contribution in [2.75, 3.05) is 0 Å². The summed E-state index contributed by atoms with van der Waals surface area (Å²) in [5.74, 6) is 1.67. The predicted octanol–water partition coefficient (Wildman–Crippen LogP) is 37.1. The highest BCUT2D eigenvalue weighted by atomic mass is 16.4. The van der Waals surface area contributed by atoms with E-state index >= 15 is 0 Å². The van der Waals surface area contributed by atoms with Crippen molar-refractivity contribution < 1.29 is 13.3 Å². The van der Waals surface area contributed by atoms with Gasteiger partial charge in [-0.25, -0.2) is 15.0 Å². The van der Waals surface area contributed by atoms with Crippen LogP contribution >= 0.6 is 0 Å². The summed E-state index contributed by atoms with van der Waals surface area (Å²) in [5.41, 5.74) is 38.9. The molecule has 3 aliphatic rings. The van der Waals surface area contributed by atoms with Crippen LogP contribution < -0.4 is 0 Å². The van der Waals surface area contributed by atoms with Gasteiger partial charge in [0.25, 0.3) is 0 Å². The number of hydrogen-bond donors (Lipinski definition) is 0. The lowest BCUT2D eigenvalue weighted by Crippen LogP contribution is -2.15. The molecule has 0 spiro atoms. The normalized spacial score (nSPS) is 13.4. The Bertz CT molecular complexity index is 10500. The molecule has 0 N–H and O–H groups in total. The van der Waals surface area contributed by atoms with Crippen LogP contribution in [0.5, 0.6) is 0 Å². The molecular formula is C139H92N6O3. The maximum Gasteiger partial charge on any atom is 0.246 e. The summed E-state index contributed by atoms with van der Waals surface area (Å²) in [6.07, 6.45) is 5.48. The maximum absolute atomic E-state index is 6.67. The Balaban J connectivity index is 0.000000105. The highest BCUT2D eigenvalue weighted by Gasteiger charge is 2.40. The topological polar surface area (TPSA) is 117 Å². The van der Waals surface area contributed by atoms with Crippen molar-refractivity contribution in [2.24, 2.45) is 0 Å². The van der Waals surface area contributed by atoms with E-state index in [0.717, 1.165) is 131 Å². The molecule has 0 saturated carbocycles. The van der Waals surface area contributed by atoms with Gasteiger partial charge in [0.15, 0.2) is 16.7 Å². The molecule has 0 atom stereocenters. The number of aromatic nitrogens is 6. The first-order chi connectivity index (χ1) is 72.5. The van der Waals surface area contributed by atoms with Crippen molar-refractivity contribution in [1.29, 1.82) is 0 Å². The van der Waals surface area contributed by atoms with E-state index in [9.17, 15) is 0 Å². The number of oxazole rings is 3. The van der Waals surface area contributed by atoms with Crippen molar-refractivity contribution >= 4 is 141 Å². The van der Waals surface area contributed by atoms with Gasteiger partial charge in [0.05, 0.1) is 5.52 Å².